The third-order valence-corrected chi connectivity index (χ3v) is 1.74. The van der Waals surface area contributed by atoms with E-state index < -0.39 is 5.60 Å². The van der Waals surface area contributed by atoms with Crippen LogP contribution in [-0.2, 0) is 0 Å². The number of hydrogen-bond donors (Lipinski definition) is 3. The van der Waals surface area contributed by atoms with Crippen LogP contribution >= 0.6 is 0 Å². The van der Waals surface area contributed by atoms with Gasteiger partial charge in [0.15, 0.2) is 0 Å². The molecule has 3 N–H and O–H groups in total. The first kappa shape index (κ1) is 6.99. The minimum atomic E-state index is -0.835. The Bertz CT molecular complexity index is 89.1. The van der Waals surface area contributed by atoms with Gasteiger partial charge < -0.3 is 15.5 Å². The van der Waals surface area contributed by atoms with Crippen molar-refractivity contribution in [2.75, 3.05) is 19.7 Å². The summed E-state index contributed by atoms with van der Waals surface area (Å²) in [5, 5.41) is 21.0. The summed E-state index contributed by atoms with van der Waals surface area (Å²) >= 11 is 0. The first-order chi connectivity index (χ1) is 4.27. The van der Waals surface area contributed by atoms with E-state index in [0.717, 1.165) is 19.4 Å². The van der Waals surface area contributed by atoms with E-state index in [1.165, 1.54) is 0 Å². The molecule has 3 nitrogen and oxygen atoms in total. The van der Waals surface area contributed by atoms with Crippen molar-refractivity contribution in [3.8, 4) is 0 Å². The van der Waals surface area contributed by atoms with Gasteiger partial charge in [-0.15, -0.1) is 0 Å². The van der Waals surface area contributed by atoms with Crippen LogP contribution < -0.4 is 5.32 Å². The highest BCUT2D eigenvalue weighted by Gasteiger charge is 2.27. The average molecular weight is 131 g/mol. The minimum Gasteiger partial charge on any atom is -0.393 e. The summed E-state index contributed by atoms with van der Waals surface area (Å²) in [4.78, 5) is 0. The topological polar surface area (TPSA) is 52.5 Å². The Morgan fingerprint density at radius 2 is 2.33 bits per heavy atom. The molecule has 0 spiro atoms. The van der Waals surface area contributed by atoms with E-state index in [0.29, 0.717) is 6.54 Å². The summed E-state index contributed by atoms with van der Waals surface area (Å²) in [6, 6.07) is 0. The first-order valence-corrected chi connectivity index (χ1v) is 3.31. The van der Waals surface area contributed by atoms with E-state index in [1.54, 1.807) is 0 Å². The molecular weight excluding hydrogens is 118 g/mol. The lowest BCUT2D eigenvalue weighted by molar-refractivity contribution is -0.0313. The summed E-state index contributed by atoms with van der Waals surface area (Å²) in [5.41, 5.74) is -0.835. The Hall–Kier alpha value is -0.120. The molecule has 1 heterocycles. The second-order valence-electron chi connectivity index (χ2n) is 2.66. The van der Waals surface area contributed by atoms with Crippen molar-refractivity contribution in [2.24, 2.45) is 0 Å². The van der Waals surface area contributed by atoms with Gasteiger partial charge in [-0.1, -0.05) is 0 Å². The number of hydrogen-bond acceptors (Lipinski definition) is 3. The Morgan fingerprint density at radius 1 is 1.56 bits per heavy atom. The molecule has 0 aliphatic carbocycles. The first-order valence-electron chi connectivity index (χ1n) is 3.31. The van der Waals surface area contributed by atoms with E-state index in [2.05, 4.69) is 5.32 Å². The van der Waals surface area contributed by atoms with Crippen molar-refractivity contribution in [1.29, 1.82) is 0 Å². The fourth-order valence-corrected chi connectivity index (χ4v) is 1.09. The maximum atomic E-state index is 9.37. The molecule has 0 aromatic rings. The molecule has 1 fully saturated rings. The Morgan fingerprint density at radius 3 is 2.67 bits per heavy atom. The van der Waals surface area contributed by atoms with Crippen LogP contribution in [0.3, 0.4) is 0 Å². The molecule has 3 heteroatoms. The molecule has 1 saturated heterocycles. The predicted molar refractivity (Wildman–Crippen MR) is 34.1 cm³/mol. The Balaban J connectivity index is 2.37. The highest BCUT2D eigenvalue weighted by Crippen LogP contribution is 2.13. The molecule has 1 atom stereocenters. The van der Waals surface area contributed by atoms with Gasteiger partial charge in [0.2, 0.25) is 0 Å². The van der Waals surface area contributed by atoms with Gasteiger partial charge in [-0.3, -0.25) is 0 Å². The largest absolute Gasteiger partial charge is 0.393 e. The molecule has 0 saturated carbocycles. The van der Waals surface area contributed by atoms with Crippen LogP contribution in [0.1, 0.15) is 12.8 Å². The van der Waals surface area contributed by atoms with Gasteiger partial charge in [0.1, 0.15) is 5.60 Å². The van der Waals surface area contributed by atoms with Crippen LogP contribution in [0.4, 0.5) is 0 Å². The van der Waals surface area contributed by atoms with Crippen molar-refractivity contribution >= 4 is 0 Å². The Kier molecular flexibility index (Phi) is 2.05. The summed E-state index contributed by atoms with van der Waals surface area (Å²) in [6.45, 7) is 1.37. The number of rotatable bonds is 1. The van der Waals surface area contributed by atoms with E-state index in [4.69, 9.17) is 5.11 Å². The molecule has 9 heavy (non-hydrogen) atoms. The average Bonchev–Trinajstić information content (AvgIpc) is 1.90. The zero-order chi connectivity index (χ0) is 6.74. The molecular formula is C6H13NO2. The minimum absolute atomic E-state index is 0.125. The Labute approximate surface area is 54.7 Å². The van der Waals surface area contributed by atoms with Crippen molar-refractivity contribution < 1.29 is 10.2 Å². The number of aliphatic hydroxyl groups excluding tert-OH is 1. The van der Waals surface area contributed by atoms with E-state index in [1.807, 2.05) is 0 Å². The van der Waals surface area contributed by atoms with Crippen LogP contribution in [0.25, 0.3) is 0 Å². The van der Waals surface area contributed by atoms with Gasteiger partial charge in [0, 0.05) is 6.54 Å². The number of nitrogens with one attached hydrogen (secondary N) is 1. The lowest BCUT2D eigenvalue weighted by Crippen LogP contribution is -2.48. The molecule has 54 valence electrons. The zero-order valence-electron chi connectivity index (χ0n) is 5.43. The second-order valence-corrected chi connectivity index (χ2v) is 2.66. The quantitative estimate of drug-likeness (QED) is 0.432. The number of aliphatic hydroxyl groups is 2. The molecule has 0 radical (unpaired) electrons. The fourth-order valence-electron chi connectivity index (χ4n) is 1.09. The van der Waals surface area contributed by atoms with E-state index in [-0.39, 0.29) is 6.61 Å². The number of β-amino-alcohol motifs (C(OH)–C–C–N with tert-alkyl or cyclic N) is 1. The van der Waals surface area contributed by atoms with Crippen molar-refractivity contribution in [3.63, 3.8) is 0 Å². The smallest absolute Gasteiger partial charge is 0.100 e. The van der Waals surface area contributed by atoms with Crippen LogP contribution in [0.5, 0.6) is 0 Å². The zero-order valence-corrected chi connectivity index (χ0v) is 5.43. The monoisotopic (exact) mass is 131 g/mol. The standard InChI is InChI=1S/C6H13NO2/c8-5-6(9)2-1-3-7-4-6/h7-9H,1-5H2/t6-/m0/s1. The maximum absolute atomic E-state index is 9.37. The van der Waals surface area contributed by atoms with Crippen molar-refractivity contribution in [2.45, 2.75) is 18.4 Å². The SMILES string of the molecule is OC[C@]1(O)CCCNC1. The molecule has 0 aromatic heterocycles. The van der Waals surface area contributed by atoms with Crippen molar-refractivity contribution in [3.05, 3.63) is 0 Å². The van der Waals surface area contributed by atoms with Gasteiger partial charge in [0.25, 0.3) is 0 Å². The molecule has 1 aliphatic heterocycles. The fraction of sp³-hybridized carbons (Fsp3) is 1.00. The van der Waals surface area contributed by atoms with Gasteiger partial charge in [-0.2, -0.15) is 0 Å². The van der Waals surface area contributed by atoms with Crippen LogP contribution in [-0.4, -0.2) is 35.5 Å². The van der Waals surface area contributed by atoms with Gasteiger partial charge >= 0.3 is 0 Å². The summed E-state index contributed by atoms with van der Waals surface area (Å²) in [6.07, 6.45) is 1.67. The van der Waals surface area contributed by atoms with Crippen LogP contribution in [0, 0.1) is 0 Å². The third-order valence-electron chi connectivity index (χ3n) is 1.74. The highest BCUT2D eigenvalue weighted by atomic mass is 16.3. The lowest BCUT2D eigenvalue weighted by Gasteiger charge is -2.30. The predicted octanol–water partition coefficient (Wildman–Crippen LogP) is -0.907. The van der Waals surface area contributed by atoms with E-state index in [9.17, 15) is 5.11 Å². The third kappa shape index (κ3) is 1.64. The van der Waals surface area contributed by atoms with Crippen LogP contribution in [0.2, 0.25) is 0 Å². The summed E-state index contributed by atoms with van der Waals surface area (Å²) in [7, 11) is 0. The molecule has 1 rings (SSSR count). The summed E-state index contributed by atoms with van der Waals surface area (Å²) < 4.78 is 0. The van der Waals surface area contributed by atoms with Crippen molar-refractivity contribution in [1.82, 2.24) is 5.32 Å². The second kappa shape index (κ2) is 2.64. The summed E-state index contributed by atoms with van der Waals surface area (Å²) in [5.74, 6) is 0. The molecule has 0 amide bonds. The molecule has 0 bridgehead atoms. The van der Waals surface area contributed by atoms with Crippen LogP contribution in [0.15, 0.2) is 0 Å². The molecule has 0 unspecified atom stereocenters. The number of piperidine rings is 1. The lowest BCUT2D eigenvalue weighted by atomic mass is 9.96. The maximum Gasteiger partial charge on any atom is 0.100 e. The van der Waals surface area contributed by atoms with Gasteiger partial charge in [-0.25, -0.2) is 0 Å². The van der Waals surface area contributed by atoms with Gasteiger partial charge in [-0.05, 0) is 19.4 Å². The normalized spacial score (nSPS) is 36.7. The molecule has 0 aromatic carbocycles. The van der Waals surface area contributed by atoms with E-state index >= 15 is 0 Å². The molecule has 1 aliphatic rings. The highest BCUT2D eigenvalue weighted by molar-refractivity contribution is 4.83. The van der Waals surface area contributed by atoms with Gasteiger partial charge in [0.05, 0.1) is 6.61 Å².